The van der Waals surface area contributed by atoms with E-state index in [9.17, 15) is 15.0 Å². The van der Waals surface area contributed by atoms with Gasteiger partial charge in [0.05, 0.1) is 18.8 Å². The van der Waals surface area contributed by atoms with Crippen molar-refractivity contribution >= 4 is 5.91 Å². The molecular formula is C53H95NO3. The lowest BCUT2D eigenvalue weighted by atomic mass is 10.0. The largest absolute Gasteiger partial charge is 0.394 e. The molecule has 4 nitrogen and oxygen atoms in total. The van der Waals surface area contributed by atoms with Gasteiger partial charge >= 0.3 is 0 Å². The van der Waals surface area contributed by atoms with Crippen LogP contribution in [0.1, 0.15) is 239 Å². The summed E-state index contributed by atoms with van der Waals surface area (Å²) in [6.07, 6.45) is 68.8. The second-order valence-corrected chi connectivity index (χ2v) is 16.5. The van der Waals surface area contributed by atoms with E-state index in [4.69, 9.17) is 0 Å². The second kappa shape index (κ2) is 48.2. The van der Waals surface area contributed by atoms with Crippen molar-refractivity contribution in [1.29, 1.82) is 0 Å². The maximum Gasteiger partial charge on any atom is 0.220 e. The SMILES string of the molecule is CC/C=C\C/C=C\C/C=C\C/C=C\C/C=C\CCCCCCCCCC(=O)NC(CO)C(O)/C=C/CCCCCCCCCCCCCCCCCCCCCC. The van der Waals surface area contributed by atoms with Gasteiger partial charge < -0.3 is 15.5 Å². The van der Waals surface area contributed by atoms with Gasteiger partial charge in [-0.15, -0.1) is 0 Å². The van der Waals surface area contributed by atoms with E-state index in [-0.39, 0.29) is 12.5 Å². The minimum absolute atomic E-state index is 0.0763. The minimum Gasteiger partial charge on any atom is -0.394 e. The van der Waals surface area contributed by atoms with Gasteiger partial charge in [-0.25, -0.2) is 0 Å². The van der Waals surface area contributed by atoms with E-state index in [0.717, 1.165) is 70.6 Å². The van der Waals surface area contributed by atoms with Crippen LogP contribution in [0.15, 0.2) is 72.9 Å². The van der Waals surface area contributed by atoms with Crippen LogP contribution in [0.4, 0.5) is 0 Å². The van der Waals surface area contributed by atoms with Crippen LogP contribution in [0.3, 0.4) is 0 Å². The molecule has 0 aromatic rings. The third-order valence-electron chi connectivity index (χ3n) is 10.9. The number of amides is 1. The van der Waals surface area contributed by atoms with E-state index in [0.29, 0.717) is 6.42 Å². The number of hydrogen-bond donors (Lipinski definition) is 3. The molecule has 0 aromatic carbocycles. The number of hydrogen-bond acceptors (Lipinski definition) is 3. The highest BCUT2D eigenvalue weighted by atomic mass is 16.3. The third kappa shape index (κ3) is 44.8. The topological polar surface area (TPSA) is 69.6 Å². The summed E-state index contributed by atoms with van der Waals surface area (Å²) in [7, 11) is 0. The second-order valence-electron chi connectivity index (χ2n) is 16.5. The van der Waals surface area contributed by atoms with Crippen molar-refractivity contribution in [2.45, 2.75) is 251 Å². The Kier molecular flexibility index (Phi) is 46.4. The van der Waals surface area contributed by atoms with E-state index in [1.807, 2.05) is 6.08 Å². The summed E-state index contributed by atoms with van der Waals surface area (Å²) in [5, 5.41) is 23.1. The van der Waals surface area contributed by atoms with Crippen LogP contribution in [-0.4, -0.2) is 34.9 Å². The molecule has 0 fully saturated rings. The number of unbranched alkanes of at least 4 members (excludes halogenated alkanes) is 27. The molecule has 0 aliphatic heterocycles. The zero-order valence-electron chi connectivity index (χ0n) is 37.8. The number of aliphatic hydroxyl groups is 2. The predicted molar refractivity (Wildman–Crippen MR) is 253 cm³/mol. The number of carbonyl (C=O) groups excluding carboxylic acids is 1. The van der Waals surface area contributed by atoms with Gasteiger partial charge in [-0.3, -0.25) is 4.79 Å². The summed E-state index contributed by atoms with van der Waals surface area (Å²) in [6, 6.07) is -0.633. The zero-order valence-corrected chi connectivity index (χ0v) is 37.8. The lowest BCUT2D eigenvalue weighted by Crippen LogP contribution is -2.45. The molecule has 3 N–H and O–H groups in total. The monoisotopic (exact) mass is 794 g/mol. The fourth-order valence-electron chi connectivity index (χ4n) is 7.21. The molecule has 0 saturated heterocycles. The van der Waals surface area contributed by atoms with Crippen LogP contribution < -0.4 is 5.32 Å². The van der Waals surface area contributed by atoms with Gasteiger partial charge in [0.15, 0.2) is 0 Å². The molecule has 330 valence electrons. The van der Waals surface area contributed by atoms with Crippen LogP contribution in [0.25, 0.3) is 0 Å². The van der Waals surface area contributed by atoms with Crippen LogP contribution in [0.2, 0.25) is 0 Å². The molecule has 2 atom stereocenters. The number of carbonyl (C=O) groups is 1. The van der Waals surface area contributed by atoms with Crippen molar-refractivity contribution in [1.82, 2.24) is 5.32 Å². The first-order chi connectivity index (χ1) is 28.2. The maximum absolute atomic E-state index is 12.4. The van der Waals surface area contributed by atoms with Gasteiger partial charge in [-0.05, 0) is 64.2 Å². The van der Waals surface area contributed by atoms with Crippen LogP contribution in [0.5, 0.6) is 0 Å². The molecule has 0 rings (SSSR count). The Morgan fingerprint density at radius 3 is 1.16 bits per heavy atom. The van der Waals surface area contributed by atoms with Crippen LogP contribution in [-0.2, 0) is 4.79 Å². The first-order valence-electron chi connectivity index (χ1n) is 24.7. The highest BCUT2D eigenvalue weighted by molar-refractivity contribution is 5.76. The summed E-state index contributed by atoms with van der Waals surface area (Å²) in [5.41, 5.74) is 0. The van der Waals surface area contributed by atoms with Gasteiger partial charge in [0.1, 0.15) is 0 Å². The summed E-state index contributed by atoms with van der Waals surface area (Å²) >= 11 is 0. The molecule has 0 spiro atoms. The first-order valence-corrected chi connectivity index (χ1v) is 24.7. The number of nitrogens with one attached hydrogen (secondary N) is 1. The Morgan fingerprint density at radius 2 is 0.772 bits per heavy atom. The van der Waals surface area contributed by atoms with E-state index in [1.165, 1.54) is 148 Å². The summed E-state index contributed by atoms with van der Waals surface area (Å²) in [6.45, 7) is 4.20. The first kappa shape index (κ1) is 54.8. The van der Waals surface area contributed by atoms with Gasteiger partial charge in [0.2, 0.25) is 5.91 Å². The predicted octanol–water partition coefficient (Wildman–Crippen LogP) is 15.9. The zero-order chi connectivity index (χ0) is 41.4. The molecular weight excluding hydrogens is 699 g/mol. The lowest BCUT2D eigenvalue weighted by Gasteiger charge is -2.20. The molecule has 0 saturated carbocycles. The summed E-state index contributed by atoms with van der Waals surface area (Å²) in [5.74, 6) is -0.0763. The minimum atomic E-state index is -0.848. The Hall–Kier alpha value is -2.17. The van der Waals surface area contributed by atoms with Crippen molar-refractivity contribution in [3.63, 3.8) is 0 Å². The Balaban J connectivity index is 3.59. The van der Waals surface area contributed by atoms with Gasteiger partial charge in [-0.1, -0.05) is 241 Å². The van der Waals surface area contributed by atoms with Crippen molar-refractivity contribution in [2.75, 3.05) is 6.61 Å². The average Bonchev–Trinajstić information content (AvgIpc) is 3.22. The van der Waals surface area contributed by atoms with E-state index in [2.05, 4.69) is 79.9 Å². The third-order valence-corrected chi connectivity index (χ3v) is 10.9. The molecule has 57 heavy (non-hydrogen) atoms. The highest BCUT2D eigenvalue weighted by Gasteiger charge is 2.17. The van der Waals surface area contributed by atoms with Crippen molar-refractivity contribution in [2.24, 2.45) is 0 Å². The van der Waals surface area contributed by atoms with E-state index >= 15 is 0 Å². The molecule has 0 bridgehead atoms. The molecule has 2 unspecified atom stereocenters. The Bertz CT molecular complexity index is 992. The number of aliphatic hydroxyl groups excluding tert-OH is 2. The molecule has 0 radical (unpaired) electrons. The molecule has 4 heteroatoms. The van der Waals surface area contributed by atoms with Crippen molar-refractivity contribution in [3.05, 3.63) is 72.9 Å². The van der Waals surface area contributed by atoms with E-state index in [1.54, 1.807) is 6.08 Å². The molecule has 0 aromatic heterocycles. The van der Waals surface area contributed by atoms with Crippen molar-refractivity contribution in [3.8, 4) is 0 Å². The highest BCUT2D eigenvalue weighted by Crippen LogP contribution is 2.16. The average molecular weight is 794 g/mol. The summed E-state index contributed by atoms with van der Waals surface area (Å²) < 4.78 is 0. The van der Waals surface area contributed by atoms with E-state index < -0.39 is 12.1 Å². The van der Waals surface area contributed by atoms with Gasteiger partial charge in [0, 0.05) is 6.42 Å². The van der Waals surface area contributed by atoms with Gasteiger partial charge in [0.25, 0.3) is 0 Å². The lowest BCUT2D eigenvalue weighted by molar-refractivity contribution is -0.123. The van der Waals surface area contributed by atoms with Gasteiger partial charge in [-0.2, -0.15) is 0 Å². The Labute approximate surface area is 355 Å². The normalized spacial score (nSPS) is 13.5. The summed E-state index contributed by atoms with van der Waals surface area (Å²) in [4.78, 5) is 12.4. The Morgan fingerprint density at radius 1 is 0.439 bits per heavy atom. The molecule has 0 heterocycles. The molecule has 0 aliphatic carbocycles. The fraction of sp³-hybridized carbons (Fsp3) is 0.755. The molecule has 1 amide bonds. The standard InChI is InChI=1S/C53H95NO3/c1-3-5-7-9-11-13-15-17-19-21-23-25-27-29-31-33-35-37-39-41-43-45-47-49-53(57)54-51(50-55)52(56)48-46-44-42-40-38-36-34-32-30-28-26-24-22-20-18-16-14-12-10-8-6-4-2/h5,7,11,13,17,19,23,25,29,31,46,48,51-52,55-56H,3-4,6,8-10,12,14-16,18,20-22,24,26-28,30,32-45,47,49-50H2,1-2H3,(H,54,57)/b7-5-,13-11-,19-17-,25-23-,31-29-,48-46+. The maximum atomic E-state index is 12.4. The quantitative estimate of drug-likeness (QED) is 0.0425. The van der Waals surface area contributed by atoms with Crippen LogP contribution >= 0.6 is 0 Å². The van der Waals surface area contributed by atoms with Crippen molar-refractivity contribution < 1.29 is 15.0 Å². The van der Waals surface area contributed by atoms with Crippen LogP contribution in [0, 0.1) is 0 Å². The fourth-order valence-corrected chi connectivity index (χ4v) is 7.21. The molecule has 0 aliphatic rings. The number of rotatable bonds is 44. The smallest absolute Gasteiger partial charge is 0.220 e. The number of allylic oxidation sites excluding steroid dienone is 11.